The summed E-state index contributed by atoms with van der Waals surface area (Å²) in [7, 11) is 1.69. The first-order valence-electron chi connectivity index (χ1n) is 8.36. The smallest absolute Gasteiger partial charge is 0.312 e. The van der Waals surface area contributed by atoms with Crippen LogP contribution < -0.4 is 0 Å². The Morgan fingerprint density at radius 1 is 1.12 bits per heavy atom. The number of hydrogen-bond donors (Lipinski definition) is 0. The van der Waals surface area contributed by atoms with Crippen molar-refractivity contribution < 1.29 is 18.8 Å². The first-order chi connectivity index (χ1) is 12.6. The van der Waals surface area contributed by atoms with Crippen molar-refractivity contribution >= 4 is 22.8 Å². The highest BCUT2D eigenvalue weighted by Gasteiger charge is 2.19. The highest BCUT2D eigenvalue weighted by molar-refractivity contribution is 5.85. The average Bonchev–Trinajstić information content (AvgIpc) is 3.08. The molecule has 134 valence electrons. The zero-order chi connectivity index (χ0) is 18.5. The van der Waals surface area contributed by atoms with E-state index in [9.17, 15) is 9.59 Å². The van der Waals surface area contributed by atoms with Gasteiger partial charge in [0.2, 0.25) is 0 Å². The zero-order valence-corrected chi connectivity index (χ0v) is 14.7. The topological polar surface area (TPSA) is 72.6 Å². The Kier molecular flexibility index (Phi) is 5.31. The van der Waals surface area contributed by atoms with Gasteiger partial charge in [0.1, 0.15) is 5.69 Å². The number of hydrogen-bond acceptors (Lipinski definition) is 5. The largest absolute Gasteiger partial charge is 0.455 e. The van der Waals surface area contributed by atoms with Crippen molar-refractivity contribution in [2.75, 3.05) is 13.7 Å². The SMILES string of the molecule is C[C@H](c1ccccc1)N(C)C(=O)COC(=O)Cc1noc2ccccc12. The summed E-state index contributed by atoms with van der Waals surface area (Å²) in [5, 5.41) is 4.66. The summed E-state index contributed by atoms with van der Waals surface area (Å²) in [5.74, 6) is -0.780. The summed E-state index contributed by atoms with van der Waals surface area (Å²) in [6, 6.07) is 16.9. The second-order valence-electron chi connectivity index (χ2n) is 6.05. The van der Waals surface area contributed by atoms with Crippen LogP contribution in [-0.2, 0) is 20.7 Å². The van der Waals surface area contributed by atoms with Gasteiger partial charge in [0.05, 0.1) is 12.5 Å². The standard InChI is InChI=1S/C20H20N2O4/c1-14(15-8-4-3-5-9-15)22(2)19(23)13-25-20(24)12-17-16-10-6-7-11-18(16)26-21-17/h3-11,14H,12-13H2,1-2H3/t14-/m1/s1. The molecule has 0 radical (unpaired) electrons. The molecule has 0 bridgehead atoms. The second-order valence-corrected chi connectivity index (χ2v) is 6.05. The van der Waals surface area contributed by atoms with E-state index in [2.05, 4.69) is 5.16 Å². The van der Waals surface area contributed by atoms with Crippen molar-refractivity contribution in [2.24, 2.45) is 0 Å². The maximum Gasteiger partial charge on any atom is 0.312 e. The van der Waals surface area contributed by atoms with Gasteiger partial charge in [0, 0.05) is 12.4 Å². The fourth-order valence-electron chi connectivity index (χ4n) is 2.67. The van der Waals surface area contributed by atoms with Gasteiger partial charge in [-0.3, -0.25) is 9.59 Å². The molecule has 3 rings (SSSR count). The average molecular weight is 352 g/mol. The molecule has 1 heterocycles. The molecule has 1 atom stereocenters. The van der Waals surface area contributed by atoms with Gasteiger partial charge in [0.15, 0.2) is 12.2 Å². The van der Waals surface area contributed by atoms with Crippen molar-refractivity contribution in [3.8, 4) is 0 Å². The van der Waals surface area contributed by atoms with Crippen LogP contribution in [0.15, 0.2) is 59.1 Å². The lowest BCUT2D eigenvalue weighted by Crippen LogP contribution is -2.33. The van der Waals surface area contributed by atoms with Crippen LogP contribution in [0, 0.1) is 0 Å². The normalized spacial score (nSPS) is 11.9. The summed E-state index contributed by atoms with van der Waals surface area (Å²) in [6.07, 6.45) is -0.0394. The molecule has 1 aromatic heterocycles. The Hall–Kier alpha value is -3.15. The first-order valence-corrected chi connectivity index (χ1v) is 8.36. The summed E-state index contributed by atoms with van der Waals surface area (Å²) < 4.78 is 10.3. The lowest BCUT2D eigenvalue weighted by atomic mass is 10.1. The van der Waals surface area contributed by atoms with Crippen LogP contribution in [0.4, 0.5) is 0 Å². The van der Waals surface area contributed by atoms with Gasteiger partial charge in [-0.1, -0.05) is 47.6 Å². The van der Waals surface area contributed by atoms with Crippen molar-refractivity contribution in [2.45, 2.75) is 19.4 Å². The molecule has 3 aromatic rings. The number of para-hydroxylation sites is 1. The number of rotatable bonds is 6. The van der Waals surface area contributed by atoms with Gasteiger partial charge >= 0.3 is 5.97 Å². The Balaban J connectivity index is 1.54. The molecule has 0 N–H and O–H groups in total. The van der Waals surface area contributed by atoms with Crippen LogP contribution in [0.3, 0.4) is 0 Å². The van der Waals surface area contributed by atoms with Gasteiger partial charge in [-0.25, -0.2) is 0 Å². The Morgan fingerprint density at radius 3 is 2.58 bits per heavy atom. The summed E-state index contributed by atoms with van der Waals surface area (Å²) in [4.78, 5) is 25.9. The van der Waals surface area contributed by atoms with Crippen molar-refractivity contribution in [3.05, 3.63) is 65.9 Å². The molecule has 6 heteroatoms. The Labute approximate surface area is 151 Å². The summed E-state index contributed by atoms with van der Waals surface area (Å²) >= 11 is 0. The lowest BCUT2D eigenvalue weighted by molar-refractivity contribution is -0.151. The molecular weight excluding hydrogens is 332 g/mol. The number of likely N-dealkylation sites (N-methyl/N-ethyl adjacent to an activating group) is 1. The van der Waals surface area contributed by atoms with Gasteiger partial charge in [-0.2, -0.15) is 0 Å². The first kappa shape index (κ1) is 17.7. The van der Waals surface area contributed by atoms with Gasteiger partial charge in [0.25, 0.3) is 5.91 Å². The van der Waals surface area contributed by atoms with Gasteiger partial charge in [-0.05, 0) is 24.6 Å². The van der Waals surface area contributed by atoms with E-state index in [-0.39, 0.29) is 25.0 Å². The Bertz CT molecular complexity index is 904. The number of benzene rings is 2. The van der Waals surface area contributed by atoms with E-state index in [0.717, 1.165) is 10.9 Å². The van der Waals surface area contributed by atoms with E-state index in [1.807, 2.05) is 55.5 Å². The molecule has 6 nitrogen and oxygen atoms in total. The Morgan fingerprint density at radius 2 is 1.81 bits per heavy atom. The minimum Gasteiger partial charge on any atom is -0.455 e. The minimum absolute atomic E-state index is 0.0394. The van der Waals surface area contributed by atoms with Crippen LogP contribution in [0.2, 0.25) is 0 Å². The number of nitrogens with zero attached hydrogens (tertiary/aromatic N) is 2. The van der Waals surface area contributed by atoms with E-state index in [1.54, 1.807) is 18.0 Å². The van der Waals surface area contributed by atoms with E-state index < -0.39 is 5.97 Å². The quantitative estimate of drug-likeness (QED) is 0.637. The molecule has 26 heavy (non-hydrogen) atoms. The van der Waals surface area contributed by atoms with E-state index in [1.165, 1.54) is 0 Å². The number of amides is 1. The lowest BCUT2D eigenvalue weighted by Gasteiger charge is -2.25. The predicted molar refractivity (Wildman–Crippen MR) is 96.3 cm³/mol. The van der Waals surface area contributed by atoms with Crippen molar-refractivity contribution in [1.82, 2.24) is 10.1 Å². The van der Waals surface area contributed by atoms with E-state index in [4.69, 9.17) is 9.26 Å². The van der Waals surface area contributed by atoms with E-state index in [0.29, 0.717) is 11.3 Å². The highest BCUT2D eigenvalue weighted by Crippen LogP contribution is 2.19. The molecule has 0 aliphatic rings. The predicted octanol–water partition coefficient (Wildman–Crippen LogP) is 3.13. The molecule has 0 fully saturated rings. The van der Waals surface area contributed by atoms with Crippen LogP contribution in [0.25, 0.3) is 11.0 Å². The van der Waals surface area contributed by atoms with E-state index >= 15 is 0 Å². The van der Waals surface area contributed by atoms with Crippen LogP contribution >= 0.6 is 0 Å². The van der Waals surface area contributed by atoms with Crippen LogP contribution in [-0.4, -0.2) is 35.6 Å². The third-order valence-electron chi connectivity index (χ3n) is 4.38. The fraction of sp³-hybridized carbons (Fsp3) is 0.250. The molecule has 1 amide bonds. The number of fused-ring (bicyclic) bond motifs is 1. The molecular formula is C20H20N2O4. The number of aromatic nitrogens is 1. The summed E-state index contributed by atoms with van der Waals surface area (Å²) in [5.41, 5.74) is 2.13. The van der Waals surface area contributed by atoms with Crippen molar-refractivity contribution in [1.29, 1.82) is 0 Å². The van der Waals surface area contributed by atoms with Crippen molar-refractivity contribution in [3.63, 3.8) is 0 Å². The fourth-order valence-corrected chi connectivity index (χ4v) is 2.67. The zero-order valence-electron chi connectivity index (χ0n) is 14.7. The molecule has 2 aromatic carbocycles. The molecule has 0 saturated heterocycles. The maximum atomic E-state index is 12.3. The van der Waals surface area contributed by atoms with Gasteiger partial charge < -0.3 is 14.2 Å². The maximum absolute atomic E-state index is 12.3. The third kappa shape index (κ3) is 3.91. The minimum atomic E-state index is -0.516. The molecule has 0 aliphatic heterocycles. The third-order valence-corrected chi connectivity index (χ3v) is 4.38. The van der Waals surface area contributed by atoms with Crippen LogP contribution in [0.1, 0.15) is 24.2 Å². The molecule has 0 spiro atoms. The monoisotopic (exact) mass is 352 g/mol. The number of carbonyl (C=O) groups is 2. The second kappa shape index (κ2) is 7.82. The van der Waals surface area contributed by atoms with Crippen LogP contribution in [0.5, 0.6) is 0 Å². The highest BCUT2D eigenvalue weighted by atomic mass is 16.5. The molecule has 0 saturated carbocycles. The summed E-state index contributed by atoms with van der Waals surface area (Å²) in [6.45, 7) is 1.62. The number of ether oxygens (including phenoxy) is 1. The number of carbonyl (C=O) groups excluding carboxylic acids is 2. The molecule has 0 unspecified atom stereocenters. The number of esters is 1. The van der Waals surface area contributed by atoms with Gasteiger partial charge in [-0.15, -0.1) is 0 Å². The molecule has 0 aliphatic carbocycles.